The van der Waals surface area contributed by atoms with Gasteiger partial charge in [0.2, 0.25) is 0 Å². The minimum atomic E-state index is 0.348. The largest absolute Gasteiger partial charge is 0.382 e. The zero-order chi connectivity index (χ0) is 15.4. The molecule has 1 atom stereocenters. The number of nitrogens with two attached hydrogens (primary N) is 1. The molecule has 2 aromatic heterocycles. The van der Waals surface area contributed by atoms with Gasteiger partial charge in [0.05, 0.1) is 5.56 Å². The van der Waals surface area contributed by atoms with Crippen LogP contribution in [0, 0.1) is 5.92 Å². The lowest BCUT2D eigenvalue weighted by molar-refractivity contribution is 0.345. The number of nitrogen functional groups attached to an aromatic ring is 1. The highest BCUT2D eigenvalue weighted by molar-refractivity contribution is 7.11. The quantitative estimate of drug-likeness (QED) is 0.859. The van der Waals surface area contributed by atoms with E-state index in [1.165, 1.54) is 11.5 Å². The van der Waals surface area contributed by atoms with Crippen molar-refractivity contribution in [2.75, 3.05) is 31.7 Å². The zero-order valence-electron chi connectivity index (χ0n) is 13.0. The Hall–Kier alpha value is -1.66. The lowest BCUT2D eigenvalue weighted by Crippen LogP contribution is -2.36. The Morgan fingerprint density at radius 1 is 1.29 bits per heavy atom. The van der Waals surface area contributed by atoms with E-state index in [1.54, 1.807) is 12.4 Å². The van der Waals surface area contributed by atoms with Crippen molar-refractivity contribution in [3.8, 4) is 11.1 Å². The number of hydrogen-bond donors (Lipinski definition) is 2. The highest BCUT2D eigenvalue weighted by atomic mass is 32.1. The third-order valence-corrected chi connectivity index (χ3v) is 4.16. The van der Waals surface area contributed by atoms with Crippen molar-refractivity contribution in [3.63, 3.8) is 0 Å². The van der Waals surface area contributed by atoms with Gasteiger partial charge in [-0.15, -0.1) is 0 Å². The van der Waals surface area contributed by atoms with E-state index >= 15 is 0 Å². The minimum Gasteiger partial charge on any atom is -0.382 e. The molecule has 2 rings (SSSR count). The number of nitrogens with zero attached hydrogens (tertiary/aromatic N) is 3. The Labute approximate surface area is 130 Å². The van der Waals surface area contributed by atoms with E-state index in [0.29, 0.717) is 17.8 Å². The van der Waals surface area contributed by atoms with E-state index in [0.717, 1.165) is 22.7 Å². The number of hydrogen-bond acceptors (Lipinski definition) is 6. The smallest absolute Gasteiger partial charge is 0.147 e. The number of aromatic nitrogens is 2. The summed E-state index contributed by atoms with van der Waals surface area (Å²) in [6.07, 6.45) is 3.55. The first-order valence-electron chi connectivity index (χ1n) is 7.06. The van der Waals surface area contributed by atoms with Crippen molar-refractivity contribution in [1.82, 2.24) is 14.3 Å². The van der Waals surface area contributed by atoms with E-state index in [4.69, 9.17) is 5.73 Å². The first-order chi connectivity index (χ1) is 9.99. The van der Waals surface area contributed by atoms with Crippen LogP contribution in [0.2, 0.25) is 0 Å². The van der Waals surface area contributed by atoms with E-state index in [-0.39, 0.29) is 0 Å². The number of likely N-dealkylation sites (N-methyl/N-ethyl adjacent to an activating group) is 1. The molecule has 0 amide bonds. The van der Waals surface area contributed by atoms with Gasteiger partial charge in [0, 0.05) is 25.0 Å². The summed E-state index contributed by atoms with van der Waals surface area (Å²) in [4.78, 5) is 6.25. The summed E-state index contributed by atoms with van der Waals surface area (Å²) in [6.45, 7) is 5.40. The van der Waals surface area contributed by atoms with Crippen molar-refractivity contribution < 1.29 is 0 Å². The number of rotatable bonds is 6. The zero-order valence-corrected chi connectivity index (χ0v) is 13.8. The Bertz CT molecular complexity index is 565. The molecule has 0 aliphatic carbocycles. The minimum absolute atomic E-state index is 0.348. The normalized spacial score (nSPS) is 12.9. The maximum absolute atomic E-state index is 6.05. The maximum Gasteiger partial charge on any atom is 0.147 e. The monoisotopic (exact) mass is 305 g/mol. The van der Waals surface area contributed by atoms with Gasteiger partial charge in [-0.3, -0.25) is 4.98 Å². The van der Waals surface area contributed by atoms with Crippen LogP contribution >= 0.6 is 11.5 Å². The second kappa shape index (κ2) is 6.87. The van der Waals surface area contributed by atoms with Crippen LogP contribution in [0.15, 0.2) is 24.5 Å². The summed E-state index contributed by atoms with van der Waals surface area (Å²) in [5.74, 6) is 1.09. The lowest BCUT2D eigenvalue weighted by atomic mass is 10.0. The summed E-state index contributed by atoms with van der Waals surface area (Å²) in [5, 5.41) is 4.64. The first-order valence-corrected chi connectivity index (χ1v) is 7.83. The third kappa shape index (κ3) is 3.92. The number of pyridine rings is 1. The molecule has 0 aliphatic heterocycles. The molecule has 5 nitrogen and oxygen atoms in total. The molecular weight excluding hydrogens is 282 g/mol. The Morgan fingerprint density at radius 2 is 1.95 bits per heavy atom. The Balaban J connectivity index is 2.28. The van der Waals surface area contributed by atoms with Crippen LogP contribution < -0.4 is 11.1 Å². The number of nitrogens with one attached hydrogen (secondary N) is 1. The predicted octanol–water partition coefficient (Wildman–Crippen LogP) is 2.79. The van der Waals surface area contributed by atoms with Crippen molar-refractivity contribution in [2.45, 2.75) is 19.9 Å². The molecule has 3 N–H and O–H groups in total. The molecule has 0 spiro atoms. The summed E-state index contributed by atoms with van der Waals surface area (Å²) in [7, 11) is 4.17. The lowest BCUT2D eigenvalue weighted by Gasteiger charge is -2.26. The summed E-state index contributed by atoms with van der Waals surface area (Å²) in [6, 6.07) is 4.27. The van der Waals surface area contributed by atoms with E-state index < -0.39 is 0 Å². The highest BCUT2D eigenvalue weighted by Gasteiger charge is 2.19. The van der Waals surface area contributed by atoms with Gasteiger partial charge in [0.25, 0.3) is 0 Å². The topological polar surface area (TPSA) is 67.1 Å². The van der Waals surface area contributed by atoms with Crippen LogP contribution in [0.4, 0.5) is 10.8 Å². The van der Waals surface area contributed by atoms with Gasteiger partial charge < -0.3 is 16.0 Å². The van der Waals surface area contributed by atoms with E-state index in [9.17, 15) is 0 Å². The molecule has 0 radical (unpaired) electrons. The first kappa shape index (κ1) is 15.7. The van der Waals surface area contributed by atoms with Crippen LogP contribution in [-0.4, -0.2) is 40.9 Å². The molecule has 0 saturated carbocycles. The fourth-order valence-electron chi connectivity index (χ4n) is 2.18. The molecule has 2 aromatic rings. The molecule has 0 fully saturated rings. The van der Waals surface area contributed by atoms with E-state index in [2.05, 4.69) is 47.5 Å². The predicted molar refractivity (Wildman–Crippen MR) is 90.6 cm³/mol. The van der Waals surface area contributed by atoms with Crippen LogP contribution in [-0.2, 0) is 0 Å². The molecular formula is C15H23N5S. The van der Waals surface area contributed by atoms with E-state index in [1.807, 2.05) is 12.1 Å². The van der Waals surface area contributed by atoms with Crippen molar-refractivity contribution >= 4 is 22.4 Å². The Morgan fingerprint density at radius 3 is 2.52 bits per heavy atom. The molecule has 6 heteroatoms. The van der Waals surface area contributed by atoms with Gasteiger partial charge in [-0.1, -0.05) is 13.8 Å². The summed E-state index contributed by atoms with van der Waals surface area (Å²) in [5.41, 5.74) is 8.08. The molecule has 0 saturated heterocycles. The summed E-state index contributed by atoms with van der Waals surface area (Å²) < 4.78 is 4.31. The molecule has 21 heavy (non-hydrogen) atoms. The average Bonchev–Trinajstić information content (AvgIpc) is 2.79. The van der Waals surface area contributed by atoms with Crippen LogP contribution in [0.25, 0.3) is 11.1 Å². The van der Waals surface area contributed by atoms with Crippen molar-refractivity contribution in [1.29, 1.82) is 0 Å². The molecule has 2 heterocycles. The SMILES string of the molecule is CC(C)C(CN(C)C)Nc1snc(N)c1-c1ccncc1. The second-order valence-corrected chi connectivity index (χ2v) is 6.54. The molecule has 0 aliphatic rings. The molecule has 1 unspecified atom stereocenters. The van der Waals surface area contributed by atoms with Gasteiger partial charge in [-0.25, -0.2) is 0 Å². The highest BCUT2D eigenvalue weighted by Crippen LogP contribution is 2.37. The fraction of sp³-hybridized carbons (Fsp3) is 0.467. The van der Waals surface area contributed by atoms with Crippen LogP contribution in [0.1, 0.15) is 13.8 Å². The van der Waals surface area contributed by atoms with Crippen molar-refractivity contribution in [3.05, 3.63) is 24.5 Å². The van der Waals surface area contributed by atoms with Gasteiger partial charge in [0.1, 0.15) is 10.8 Å². The second-order valence-electron chi connectivity index (χ2n) is 5.76. The van der Waals surface area contributed by atoms with Gasteiger partial charge in [0.15, 0.2) is 0 Å². The van der Waals surface area contributed by atoms with Crippen LogP contribution in [0.5, 0.6) is 0 Å². The maximum atomic E-state index is 6.05. The van der Waals surface area contributed by atoms with Crippen molar-refractivity contribution in [2.24, 2.45) is 5.92 Å². The fourth-order valence-corrected chi connectivity index (χ4v) is 2.98. The van der Waals surface area contributed by atoms with Gasteiger partial charge >= 0.3 is 0 Å². The molecule has 114 valence electrons. The standard InChI is InChI=1S/C15H23N5S/c1-10(2)12(9-20(3)4)18-15-13(14(16)19-21-15)11-5-7-17-8-6-11/h5-8,10,12,18H,9H2,1-4H3,(H2,16,19). The Kier molecular flexibility index (Phi) is 5.14. The molecule has 0 aromatic carbocycles. The number of anilines is 2. The molecule has 0 bridgehead atoms. The van der Waals surface area contributed by atoms with Gasteiger partial charge in [-0.2, -0.15) is 4.37 Å². The summed E-state index contributed by atoms with van der Waals surface area (Å²) >= 11 is 1.42. The third-order valence-electron chi connectivity index (χ3n) is 3.37. The average molecular weight is 305 g/mol. The van der Waals surface area contributed by atoms with Gasteiger partial charge in [-0.05, 0) is 49.2 Å². The van der Waals surface area contributed by atoms with Crippen LogP contribution in [0.3, 0.4) is 0 Å².